The Labute approximate surface area is 195 Å². The zero-order valence-electron chi connectivity index (χ0n) is 19.6. The van der Waals surface area contributed by atoms with Gasteiger partial charge in [0.25, 0.3) is 0 Å². The molecular formula is C26H33FN2O4. The van der Waals surface area contributed by atoms with Gasteiger partial charge in [-0.1, -0.05) is 24.3 Å². The van der Waals surface area contributed by atoms with Gasteiger partial charge in [-0.3, -0.25) is 9.59 Å². The molecule has 0 radical (unpaired) electrons. The summed E-state index contributed by atoms with van der Waals surface area (Å²) < 4.78 is 23.7. The van der Waals surface area contributed by atoms with E-state index in [2.05, 4.69) is 0 Å². The summed E-state index contributed by atoms with van der Waals surface area (Å²) in [6.07, 6.45) is 2.59. The number of hydrogen-bond acceptors (Lipinski definition) is 4. The summed E-state index contributed by atoms with van der Waals surface area (Å²) in [7, 11) is 4.92. The summed E-state index contributed by atoms with van der Waals surface area (Å²) in [4.78, 5) is 29.1. The molecule has 0 aliphatic carbocycles. The monoisotopic (exact) mass is 456 g/mol. The highest BCUT2D eigenvalue weighted by Gasteiger charge is 2.32. The molecule has 0 aromatic heterocycles. The molecule has 33 heavy (non-hydrogen) atoms. The van der Waals surface area contributed by atoms with Gasteiger partial charge >= 0.3 is 0 Å². The summed E-state index contributed by atoms with van der Waals surface area (Å²) >= 11 is 0. The van der Waals surface area contributed by atoms with Crippen LogP contribution in [0, 0.1) is 11.7 Å². The Morgan fingerprint density at radius 1 is 1.09 bits per heavy atom. The van der Waals surface area contributed by atoms with E-state index < -0.39 is 0 Å². The summed E-state index contributed by atoms with van der Waals surface area (Å²) in [5, 5.41) is 0. The van der Waals surface area contributed by atoms with Crippen molar-refractivity contribution in [3.63, 3.8) is 0 Å². The molecule has 0 saturated carbocycles. The summed E-state index contributed by atoms with van der Waals surface area (Å²) in [6, 6.07) is 14.0. The van der Waals surface area contributed by atoms with Crippen molar-refractivity contribution in [1.82, 2.24) is 9.80 Å². The van der Waals surface area contributed by atoms with Crippen LogP contribution in [0.5, 0.6) is 5.75 Å². The normalized spacial score (nSPS) is 15.2. The molecule has 1 heterocycles. The maximum Gasteiger partial charge on any atom is 0.248 e. The van der Waals surface area contributed by atoms with Crippen molar-refractivity contribution in [3.05, 3.63) is 65.5 Å². The fourth-order valence-corrected chi connectivity index (χ4v) is 4.49. The third kappa shape index (κ3) is 6.78. The summed E-state index contributed by atoms with van der Waals surface area (Å²) in [6.45, 7) is 1.33. The fourth-order valence-electron chi connectivity index (χ4n) is 4.49. The van der Waals surface area contributed by atoms with E-state index in [1.54, 1.807) is 31.2 Å². The van der Waals surface area contributed by atoms with Gasteiger partial charge in [-0.25, -0.2) is 4.39 Å². The van der Waals surface area contributed by atoms with Crippen LogP contribution in [0.2, 0.25) is 0 Å². The number of nitrogens with zero attached hydrogens (tertiary/aromatic N) is 2. The average molecular weight is 457 g/mol. The van der Waals surface area contributed by atoms with E-state index >= 15 is 0 Å². The number of amides is 2. The minimum atomic E-state index is -0.276. The Morgan fingerprint density at radius 2 is 1.79 bits per heavy atom. The predicted octanol–water partition coefficient (Wildman–Crippen LogP) is 3.33. The van der Waals surface area contributed by atoms with E-state index in [1.165, 1.54) is 19.2 Å². The van der Waals surface area contributed by atoms with Crippen molar-refractivity contribution in [1.29, 1.82) is 0 Å². The van der Waals surface area contributed by atoms with E-state index in [-0.39, 0.29) is 36.2 Å². The highest BCUT2D eigenvalue weighted by atomic mass is 19.1. The van der Waals surface area contributed by atoms with Crippen molar-refractivity contribution >= 4 is 11.8 Å². The Bertz CT molecular complexity index is 926. The van der Waals surface area contributed by atoms with Crippen molar-refractivity contribution in [3.8, 4) is 5.75 Å². The highest BCUT2D eigenvalue weighted by molar-refractivity contribution is 5.79. The number of piperidine rings is 1. The summed E-state index contributed by atoms with van der Waals surface area (Å²) in [5.41, 5.74) is 1.91. The second kappa shape index (κ2) is 11.8. The molecule has 1 aliphatic rings. The zero-order valence-corrected chi connectivity index (χ0v) is 19.6. The molecule has 178 valence electrons. The number of carbonyl (C=O) groups excluding carboxylic acids is 2. The molecule has 3 rings (SSSR count). The third-order valence-corrected chi connectivity index (χ3v) is 6.44. The number of hydrogen-bond donors (Lipinski definition) is 0. The smallest absolute Gasteiger partial charge is 0.248 e. The lowest BCUT2D eigenvalue weighted by molar-refractivity contribution is -0.138. The van der Waals surface area contributed by atoms with Crippen LogP contribution in [-0.4, -0.2) is 68.6 Å². The van der Waals surface area contributed by atoms with Crippen LogP contribution in [0.3, 0.4) is 0 Å². The first-order valence-corrected chi connectivity index (χ1v) is 11.3. The van der Waals surface area contributed by atoms with E-state index in [1.807, 2.05) is 29.2 Å². The second-order valence-electron chi connectivity index (χ2n) is 8.58. The van der Waals surface area contributed by atoms with Crippen LogP contribution in [-0.2, 0) is 27.2 Å². The molecule has 0 spiro atoms. The molecule has 0 N–H and O–H groups in total. The average Bonchev–Trinajstić information content (AvgIpc) is 2.83. The number of rotatable bonds is 9. The number of likely N-dealkylation sites (N-methyl/N-ethyl adjacent to an activating group) is 1. The molecular weight excluding hydrogens is 423 g/mol. The van der Waals surface area contributed by atoms with Crippen molar-refractivity contribution in [2.45, 2.75) is 31.7 Å². The number of ether oxygens (including phenoxy) is 2. The van der Waals surface area contributed by atoms with Crippen LogP contribution in [0.4, 0.5) is 4.39 Å². The van der Waals surface area contributed by atoms with Gasteiger partial charge < -0.3 is 19.3 Å². The van der Waals surface area contributed by atoms with Crippen LogP contribution in [0.15, 0.2) is 48.5 Å². The van der Waals surface area contributed by atoms with Gasteiger partial charge in [0.2, 0.25) is 11.8 Å². The molecule has 1 atom stereocenters. The topological polar surface area (TPSA) is 59.1 Å². The third-order valence-electron chi connectivity index (χ3n) is 6.44. The minimum Gasteiger partial charge on any atom is -0.497 e. The largest absolute Gasteiger partial charge is 0.497 e. The van der Waals surface area contributed by atoms with Crippen LogP contribution in [0.1, 0.15) is 24.0 Å². The Kier molecular flexibility index (Phi) is 8.83. The van der Waals surface area contributed by atoms with Crippen molar-refractivity contribution in [2.75, 3.05) is 41.0 Å². The molecule has 2 amide bonds. The molecule has 2 aromatic rings. The molecule has 2 aromatic carbocycles. The maximum absolute atomic E-state index is 13.4. The maximum atomic E-state index is 13.4. The molecule has 1 saturated heterocycles. The zero-order chi connectivity index (χ0) is 23.8. The fraction of sp³-hybridized carbons (Fsp3) is 0.462. The number of halogens is 1. The lowest BCUT2D eigenvalue weighted by atomic mass is 9.84. The Hall–Kier alpha value is -2.93. The van der Waals surface area contributed by atoms with Gasteiger partial charge in [-0.05, 0) is 60.6 Å². The molecule has 1 unspecified atom stereocenters. The quantitative estimate of drug-likeness (QED) is 0.581. The lowest BCUT2D eigenvalue weighted by Gasteiger charge is -2.40. The lowest BCUT2D eigenvalue weighted by Crippen LogP contribution is -2.49. The van der Waals surface area contributed by atoms with Crippen LogP contribution < -0.4 is 4.74 Å². The van der Waals surface area contributed by atoms with Crippen molar-refractivity contribution in [2.24, 2.45) is 5.92 Å². The van der Waals surface area contributed by atoms with Gasteiger partial charge in [-0.15, -0.1) is 0 Å². The van der Waals surface area contributed by atoms with Gasteiger partial charge in [0, 0.05) is 33.3 Å². The van der Waals surface area contributed by atoms with Crippen LogP contribution >= 0.6 is 0 Å². The molecule has 6 nitrogen and oxygen atoms in total. The van der Waals surface area contributed by atoms with Gasteiger partial charge in [0.05, 0.1) is 13.5 Å². The second-order valence-corrected chi connectivity index (χ2v) is 8.58. The number of likely N-dealkylation sites (tertiary alicyclic amines) is 1. The SMILES string of the molecule is COCC(=O)N(C)C(Cc1ccc(F)cc1)C1CCN(C(=O)Cc2cccc(OC)c2)CC1. The van der Waals surface area contributed by atoms with E-state index in [9.17, 15) is 14.0 Å². The van der Waals surface area contributed by atoms with E-state index in [4.69, 9.17) is 9.47 Å². The summed E-state index contributed by atoms with van der Waals surface area (Å²) in [5.74, 6) is 0.719. The van der Waals surface area contributed by atoms with E-state index in [0.717, 1.165) is 29.7 Å². The number of benzene rings is 2. The Morgan fingerprint density at radius 3 is 2.42 bits per heavy atom. The number of carbonyl (C=O) groups is 2. The van der Waals surface area contributed by atoms with Crippen molar-refractivity contribution < 1.29 is 23.5 Å². The van der Waals surface area contributed by atoms with Gasteiger partial charge in [0.1, 0.15) is 18.2 Å². The predicted molar refractivity (Wildman–Crippen MR) is 125 cm³/mol. The molecule has 7 heteroatoms. The molecule has 1 aliphatic heterocycles. The minimum absolute atomic E-state index is 0.0221. The standard InChI is InChI=1S/C26H33FN2O4/c1-28(26(31)18-32-2)24(16-19-7-9-22(27)10-8-19)21-11-13-29(14-12-21)25(30)17-20-5-4-6-23(15-20)33-3/h4-10,15,21,24H,11-14,16-18H2,1-3H3. The van der Waals surface area contributed by atoms with Gasteiger partial charge in [0.15, 0.2) is 0 Å². The van der Waals surface area contributed by atoms with E-state index in [0.29, 0.717) is 25.9 Å². The Balaban J connectivity index is 1.64. The highest BCUT2D eigenvalue weighted by Crippen LogP contribution is 2.27. The van der Waals surface area contributed by atoms with Crippen LogP contribution in [0.25, 0.3) is 0 Å². The molecule has 0 bridgehead atoms. The van der Waals surface area contributed by atoms with Gasteiger partial charge in [-0.2, -0.15) is 0 Å². The molecule has 1 fully saturated rings. The first-order chi connectivity index (χ1) is 15.9. The first-order valence-electron chi connectivity index (χ1n) is 11.3. The first kappa shape index (κ1) is 24.7. The number of methoxy groups -OCH3 is 2.